The van der Waals surface area contributed by atoms with Crippen LogP contribution in [0.5, 0.6) is 0 Å². The smallest absolute Gasteiger partial charge is 0.254 e. The maximum atomic E-state index is 12.7. The van der Waals surface area contributed by atoms with Gasteiger partial charge in [-0.2, -0.15) is 10.4 Å². The van der Waals surface area contributed by atoms with E-state index in [4.69, 9.17) is 5.26 Å². The second kappa shape index (κ2) is 9.14. The van der Waals surface area contributed by atoms with Gasteiger partial charge in [0.05, 0.1) is 45.7 Å². The van der Waals surface area contributed by atoms with Gasteiger partial charge in [0.25, 0.3) is 5.91 Å². The first-order valence-corrected chi connectivity index (χ1v) is 11.8. The molecule has 2 N–H and O–H groups in total. The number of aromatic nitrogens is 3. The Bertz CT molecular complexity index is 1260. The molecule has 0 spiro atoms. The number of anilines is 1. The van der Waals surface area contributed by atoms with Crippen molar-refractivity contribution in [3.63, 3.8) is 0 Å². The number of nitrogens with one attached hydrogen (secondary N) is 2. The van der Waals surface area contributed by atoms with Gasteiger partial charge in [-0.3, -0.25) is 9.78 Å². The van der Waals surface area contributed by atoms with Crippen LogP contribution in [0.15, 0.2) is 36.7 Å². The highest BCUT2D eigenvalue weighted by Crippen LogP contribution is 2.26. The Labute approximate surface area is 181 Å². The first-order chi connectivity index (χ1) is 14.7. The second-order valence-electron chi connectivity index (χ2n) is 7.56. The molecule has 0 aliphatic carbocycles. The summed E-state index contributed by atoms with van der Waals surface area (Å²) >= 11 is 0. The number of fused-ring (bicyclic) bond motifs is 1. The summed E-state index contributed by atoms with van der Waals surface area (Å²) in [6.45, 7) is 4.18. The van der Waals surface area contributed by atoms with Crippen molar-refractivity contribution in [3.05, 3.63) is 47.8 Å². The zero-order chi connectivity index (χ0) is 22.6. The number of pyridine rings is 1. The normalized spacial score (nSPS) is 11.5. The van der Waals surface area contributed by atoms with Gasteiger partial charge in [0.1, 0.15) is 15.9 Å². The minimum absolute atomic E-state index is 0.0172. The number of nitrogens with zero attached hydrogens (tertiary/aromatic N) is 4. The maximum absolute atomic E-state index is 12.7. The van der Waals surface area contributed by atoms with Gasteiger partial charge < -0.3 is 10.6 Å². The summed E-state index contributed by atoms with van der Waals surface area (Å²) in [5.41, 5.74) is 3.57. The molecular formula is C21H24N6O3S. The SMILES string of the molecule is CC(C)Nc1cc(-c2ccc3cc(C#N)cnn23)ncc1C(=O)NCCCS(C)(=O)=O. The molecule has 0 unspecified atom stereocenters. The third-order valence-electron chi connectivity index (χ3n) is 4.46. The number of amides is 1. The van der Waals surface area contributed by atoms with Crippen LogP contribution >= 0.6 is 0 Å². The highest BCUT2D eigenvalue weighted by atomic mass is 32.2. The lowest BCUT2D eigenvalue weighted by Gasteiger charge is -2.16. The summed E-state index contributed by atoms with van der Waals surface area (Å²) in [5.74, 6) is -0.309. The lowest BCUT2D eigenvalue weighted by atomic mass is 10.1. The van der Waals surface area contributed by atoms with Gasteiger partial charge in [0.15, 0.2) is 0 Å². The van der Waals surface area contributed by atoms with Gasteiger partial charge in [-0.15, -0.1) is 0 Å². The van der Waals surface area contributed by atoms with E-state index >= 15 is 0 Å². The molecule has 0 aromatic carbocycles. The number of carbonyl (C=O) groups excluding carboxylic acids is 1. The lowest BCUT2D eigenvalue weighted by molar-refractivity contribution is 0.0954. The van der Waals surface area contributed by atoms with Gasteiger partial charge in [0.2, 0.25) is 0 Å². The average Bonchev–Trinajstić information content (AvgIpc) is 3.13. The van der Waals surface area contributed by atoms with E-state index < -0.39 is 9.84 Å². The van der Waals surface area contributed by atoms with Crippen LogP contribution in [-0.2, 0) is 9.84 Å². The molecule has 3 aromatic heterocycles. The zero-order valence-corrected chi connectivity index (χ0v) is 18.4. The molecular weight excluding hydrogens is 416 g/mol. The third kappa shape index (κ3) is 5.58. The van der Waals surface area contributed by atoms with Gasteiger partial charge >= 0.3 is 0 Å². The Morgan fingerprint density at radius 2 is 2.03 bits per heavy atom. The molecule has 0 aliphatic heterocycles. The van der Waals surface area contributed by atoms with Crippen molar-refractivity contribution < 1.29 is 13.2 Å². The predicted octanol–water partition coefficient (Wildman–Crippen LogP) is 2.25. The zero-order valence-electron chi connectivity index (χ0n) is 17.6. The molecule has 0 radical (unpaired) electrons. The Hall–Kier alpha value is -3.45. The van der Waals surface area contributed by atoms with Crippen LogP contribution in [0.1, 0.15) is 36.2 Å². The molecule has 0 fully saturated rings. The van der Waals surface area contributed by atoms with Gasteiger partial charge in [-0.05, 0) is 44.5 Å². The number of carbonyl (C=O) groups is 1. The van der Waals surface area contributed by atoms with Crippen LogP contribution < -0.4 is 10.6 Å². The lowest BCUT2D eigenvalue weighted by Crippen LogP contribution is -2.27. The Kier molecular flexibility index (Phi) is 6.56. The molecule has 1 amide bonds. The molecule has 0 saturated heterocycles. The molecule has 10 heteroatoms. The van der Waals surface area contributed by atoms with Crippen LogP contribution in [0.4, 0.5) is 5.69 Å². The van der Waals surface area contributed by atoms with E-state index in [0.717, 1.165) is 11.2 Å². The number of hydrogen-bond donors (Lipinski definition) is 2. The van der Waals surface area contributed by atoms with Crippen LogP contribution in [-0.4, -0.2) is 53.5 Å². The first-order valence-electron chi connectivity index (χ1n) is 9.78. The largest absolute Gasteiger partial charge is 0.382 e. The number of nitriles is 1. The van der Waals surface area contributed by atoms with Gasteiger partial charge in [0, 0.05) is 25.0 Å². The molecule has 3 heterocycles. The highest BCUT2D eigenvalue weighted by Gasteiger charge is 2.16. The fourth-order valence-corrected chi connectivity index (χ4v) is 3.76. The van der Waals surface area contributed by atoms with Crippen molar-refractivity contribution in [1.82, 2.24) is 19.9 Å². The topological polar surface area (TPSA) is 129 Å². The summed E-state index contributed by atoms with van der Waals surface area (Å²) in [7, 11) is -3.07. The highest BCUT2D eigenvalue weighted by molar-refractivity contribution is 7.90. The molecule has 0 aliphatic rings. The van der Waals surface area contributed by atoms with E-state index in [0.29, 0.717) is 28.9 Å². The van der Waals surface area contributed by atoms with E-state index in [1.807, 2.05) is 26.0 Å². The van der Waals surface area contributed by atoms with Crippen molar-refractivity contribution in [2.45, 2.75) is 26.3 Å². The van der Waals surface area contributed by atoms with Crippen molar-refractivity contribution in [2.75, 3.05) is 23.9 Å². The maximum Gasteiger partial charge on any atom is 0.254 e. The summed E-state index contributed by atoms with van der Waals surface area (Å²) in [6, 6.07) is 9.37. The quantitative estimate of drug-likeness (QED) is 0.514. The summed E-state index contributed by atoms with van der Waals surface area (Å²) in [4.78, 5) is 17.1. The average molecular weight is 441 g/mol. The van der Waals surface area contributed by atoms with Crippen LogP contribution in [0.25, 0.3) is 16.9 Å². The molecule has 31 heavy (non-hydrogen) atoms. The summed E-state index contributed by atoms with van der Waals surface area (Å²) in [6.07, 6.45) is 4.50. The van der Waals surface area contributed by atoms with Crippen LogP contribution in [0, 0.1) is 11.3 Å². The number of rotatable bonds is 8. The molecule has 0 bridgehead atoms. The summed E-state index contributed by atoms with van der Waals surface area (Å²) < 4.78 is 24.2. The van der Waals surface area contributed by atoms with E-state index in [9.17, 15) is 13.2 Å². The second-order valence-corrected chi connectivity index (χ2v) is 9.82. The molecule has 162 valence electrons. The number of sulfone groups is 1. The Balaban J connectivity index is 1.88. The standard InChI is InChI=1S/C21H24N6O3S/c1-14(2)26-18-10-19(20-6-5-16-9-15(11-22)12-25-27(16)20)24-13-17(18)21(28)23-7-4-8-31(3,29)30/h5-6,9-10,12-14H,4,7-8H2,1-3H3,(H,23,28)(H,24,26). The minimum Gasteiger partial charge on any atom is -0.382 e. The predicted molar refractivity (Wildman–Crippen MR) is 119 cm³/mol. The Morgan fingerprint density at radius 1 is 1.26 bits per heavy atom. The van der Waals surface area contributed by atoms with Crippen molar-refractivity contribution in [2.24, 2.45) is 0 Å². The van der Waals surface area contributed by atoms with Crippen molar-refractivity contribution in [3.8, 4) is 17.5 Å². The fraction of sp³-hybridized carbons (Fsp3) is 0.333. The van der Waals surface area contributed by atoms with Crippen LogP contribution in [0.3, 0.4) is 0 Å². The molecule has 9 nitrogen and oxygen atoms in total. The summed E-state index contributed by atoms with van der Waals surface area (Å²) in [5, 5.41) is 19.4. The van der Waals surface area contributed by atoms with Crippen molar-refractivity contribution >= 4 is 26.9 Å². The van der Waals surface area contributed by atoms with Crippen LogP contribution in [0.2, 0.25) is 0 Å². The third-order valence-corrected chi connectivity index (χ3v) is 5.49. The van der Waals surface area contributed by atoms with E-state index in [1.54, 1.807) is 16.6 Å². The molecule has 0 saturated carbocycles. The first kappa shape index (κ1) is 22.2. The van der Waals surface area contributed by atoms with E-state index in [1.165, 1.54) is 18.6 Å². The molecule has 3 rings (SSSR count). The van der Waals surface area contributed by atoms with Crippen molar-refractivity contribution in [1.29, 1.82) is 5.26 Å². The number of hydrogen-bond acceptors (Lipinski definition) is 7. The fourth-order valence-electron chi connectivity index (χ4n) is 3.09. The molecule has 0 atom stereocenters. The minimum atomic E-state index is -3.07. The van der Waals surface area contributed by atoms with Gasteiger partial charge in [-0.25, -0.2) is 12.9 Å². The van der Waals surface area contributed by atoms with Gasteiger partial charge in [-0.1, -0.05) is 0 Å². The van der Waals surface area contributed by atoms with E-state index in [-0.39, 0.29) is 24.2 Å². The Morgan fingerprint density at radius 3 is 2.71 bits per heavy atom. The van der Waals surface area contributed by atoms with E-state index in [2.05, 4.69) is 26.8 Å². The monoisotopic (exact) mass is 440 g/mol. The molecule has 3 aromatic rings.